The Labute approximate surface area is 211 Å². The molecule has 1 atom stereocenters. The molecule has 4 aromatic rings. The Morgan fingerprint density at radius 1 is 1.22 bits per heavy atom. The fraction of sp³-hybridized carbons (Fsp3) is 0.261. The van der Waals surface area contributed by atoms with Gasteiger partial charge in [-0.25, -0.2) is 8.78 Å². The van der Waals surface area contributed by atoms with E-state index in [9.17, 15) is 28.4 Å². The van der Waals surface area contributed by atoms with Crippen molar-refractivity contribution in [3.05, 3.63) is 91.3 Å². The average molecular weight is 568 g/mol. The van der Waals surface area contributed by atoms with Crippen molar-refractivity contribution in [2.24, 2.45) is 7.05 Å². The topological polar surface area (TPSA) is 120 Å². The zero-order chi connectivity index (χ0) is 26.6. The highest BCUT2D eigenvalue weighted by molar-refractivity contribution is 9.10. The second-order valence-corrected chi connectivity index (χ2v) is 8.65. The summed E-state index contributed by atoms with van der Waals surface area (Å²) in [6.45, 7) is 3.43. The van der Waals surface area contributed by atoms with Crippen molar-refractivity contribution in [3.8, 4) is 11.3 Å². The summed E-state index contributed by atoms with van der Waals surface area (Å²) in [5, 5.41) is 28.2. The van der Waals surface area contributed by atoms with Crippen LogP contribution in [0.3, 0.4) is 0 Å². The van der Waals surface area contributed by atoms with Gasteiger partial charge in [0.2, 0.25) is 5.82 Å². The quantitative estimate of drug-likeness (QED) is 0.243. The average Bonchev–Trinajstić information content (AvgIpc) is 3.39. The zero-order valence-corrected chi connectivity index (χ0v) is 21.0. The van der Waals surface area contributed by atoms with Crippen LogP contribution in [0.25, 0.3) is 11.3 Å². The lowest BCUT2D eigenvalue weighted by Gasteiger charge is -2.13. The summed E-state index contributed by atoms with van der Waals surface area (Å²) in [5.41, 5.74) is 2.14. The fourth-order valence-corrected chi connectivity index (χ4v) is 3.69. The SMILES string of the molecule is CCc1cc(Cc2cn(C)nc2-c2c(F)cc(F)cc2C(C)O)on1.O=[N+]([O-])c1ncc(Br)cc1F. The molecular formula is C23H21BrF3N5O4. The molecule has 1 N–H and O–H groups in total. The summed E-state index contributed by atoms with van der Waals surface area (Å²) in [5.74, 6) is -2.56. The Bertz CT molecular complexity index is 1390. The molecule has 4 rings (SSSR count). The first-order valence-corrected chi connectivity index (χ1v) is 11.4. The smallest absolute Gasteiger partial charge is 0.389 e. The number of pyridine rings is 1. The highest BCUT2D eigenvalue weighted by Gasteiger charge is 2.22. The number of rotatable bonds is 6. The first-order chi connectivity index (χ1) is 17.0. The van der Waals surface area contributed by atoms with Crippen LogP contribution >= 0.6 is 15.9 Å². The molecular weight excluding hydrogens is 547 g/mol. The van der Waals surface area contributed by atoms with Crippen LogP contribution in [-0.4, -0.2) is 30.0 Å². The zero-order valence-electron chi connectivity index (χ0n) is 19.4. The normalized spacial score (nSPS) is 11.7. The number of halogens is 4. The number of benzene rings is 1. The molecule has 0 saturated carbocycles. The summed E-state index contributed by atoms with van der Waals surface area (Å²) in [6.07, 6.45) is 3.00. The second-order valence-electron chi connectivity index (χ2n) is 7.74. The Kier molecular flexibility index (Phi) is 8.58. The van der Waals surface area contributed by atoms with Gasteiger partial charge >= 0.3 is 5.82 Å². The molecule has 0 spiro atoms. The van der Waals surface area contributed by atoms with E-state index in [1.165, 1.54) is 13.1 Å². The van der Waals surface area contributed by atoms with Gasteiger partial charge in [0.05, 0.1) is 22.0 Å². The molecule has 0 aliphatic heterocycles. The van der Waals surface area contributed by atoms with Crippen LogP contribution in [0.2, 0.25) is 0 Å². The van der Waals surface area contributed by atoms with Gasteiger partial charge in [0.15, 0.2) is 6.20 Å². The summed E-state index contributed by atoms with van der Waals surface area (Å²) >= 11 is 2.92. The molecule has 0 amide bonds. The van der Waals surface area contributed by atoms with Gasteiger partial charge in [0.25, 0.3) is 0 Å². The first kappa shape index (κ1) is 27.0. The fourth-order valence-electron chi connectivity index (χ4n) is 3.39. The number of nitro groups is 1. The van der Waals surface area contributed by atoms with E-state index in [2.05, 4.69) is 31.2 Å². The molecule has 3 aromatic heterocycles. The monoisotopic (exact) mass is 567 g/mol. The summed E-state index contributed by atoms with van der Waals surface area (Å²) in [4.78, 5) is 12.4. The minimum atomic E-state index is -1.04. The third-order valence-corrected chi connectivity index (χ3v) is 5.41. The van der Waals surface area contributed by atoms with Crippen LogP contribution in [0.15, 0.2) is 45.7 Å². The van der Waals surface area contributed by atoms with Crippen LogP contribution in [0.5, 0.6) is 0 Å². The van der Waals surface area contributed by atoms with Gasteiger partial charge in [-0.05, 0) is 50.8 Å². The van der Waals surface area contributed by atoms with E-state index in [1.54, 1.807) is 17.9 Å². The van der Waals surface area contributed by atoms with Crippen LogP contribution in [0, 0.1) is 27.6 Å². The Morgan fingerprint density at radius 3 is 2.53 bits per heavy atom. The van der Waals surface area contributed by atoms with Gasteiger partial charge in [-0.1, -0.05) is 12.1 Å². The third-order valence-electron chi connectivity index (χ3n) is 4.97. The standard InChI is InChI=1S/C18H19F2N3O2.C5H2BrFN2O2/c1-4-13-8-14(25-22-13)5-11-9-23(3)21-18(11)17-15(10(2)24)6-12(19)7-16(17)20;6-3-1-4(7)5(8-2-3)9(10)11/h6-10,24H,4-5H2,1-3H3;1-2H. The summed E-state index contributed by atoms with van der Waals surface area (Å²) in [7, 11) is 1.72. The Morgan fingerprint density at radius 2 is 1.94 bits per heavy atom. The van der Waals surface area contributed by atoms with E-state index < -0.39 is 34.3 Å². The van der Waals surface area contributed by atoms with Gasteiger partial charge in [0, 0.05) is 49.0 Å². The lowest BCUT2D eigenvalue weighted by molar-refractivity contribution is -0.392. The van der Waals surface area contributed by atoms with Crippen molar-refractivity contribution >= 4 is 21.7 Å². The predicted molar refractivity (Wildman–Crippen MR) is 126 cm³/mol. The molecule has 1 aromatic carbocycles. The molecule has 1 unspecified atom stereocenters. The van der Waals surface area contributed by atoms with Crippen molar-refractivity contribution in [2.45, 2.75) is 32.8 Å². The number of aromatic nitrogens is 4. The third kappa shape index (κ3) is 6.34. The Balaban J connectivity index is 0.000000275. The van der Waals surface area contributed by atoms with E-state index in [4.69, 9.17) is 4.52 Å². The van der Waals surface area contributed by atoms with E-state index in [1.807, 2.05) is 13.0 Å². The molecule has 190 valence electrons. The van der Waals surface area contributed by atoms with Crippen molar-refractivity contribution < 1.29 is 27.7 Å². The van der Waals surface area contributed by atoms with Crippen molar-refractivity contribution in [3.63, 3.8) is 0 Å². The first-order valence-electron chi connectivity index (χ1n) is 10.6. The number of hydrogen-bond acceptors (Lipinski definition) is 7. The van der Waals surface area contributed by atoms with Crippen molar-refractivity contribution in [2.75, 3.05) is 0 Å². The largest absolute Gasteiger partial charge is 0.399 e. The van der Waals surface area contributed by atoms with Gasteiger partial charge < -0.3 is 19.7 Å². The van der Waals surface area contributed by atoms with Crippen LogP contribution in [0.1, 0.15) is 42.5 Å². The number of hydrogen-bond donors (Lipinski definition) is 1. The van der Waals surface area contributed by atoms with E-state index in [-0.39, 0.29) is 11.1 Å². The number of aliphatic hydroxyl groups excluding tert-OH is 1. The highest BCUT2D eigenvalue weighted by atomic mass is 79.9. The molecule has 0 aliphatic rings. The van der Waals surface area contributed by atoms with E-state index >= 15 is 0 Å². The van der Waals surface area contributed by atoms with Crippen LogP contribution in [0.4, 0.5) is 19.0 Å². The molecule has 0 aliphatic carbocycles. The Hall–Kier alpha value is -3.58. The lowest BCUT2D eigenvalue weighted by atomic mass is 9.96. The minimum Gasteiger partial charge on any atom is -0.389 e. The molecule has 0 saturated heterocycles. The molecule has 9 nitrogen and oxygen atoms in total. The van der Waals surface area contributed by atoms with Crippen LogP contribution in [-0.2, 0) is 19.9 Å². The molecule has 0 fully saturated rings. The number of aliphatic hydroxyl groups is 1. The molecule has 13 heteroatoms. The molecule has 0 bridgehead atoms. The van der Waals surface area contributed by atoms with Gasteiger partial charge in [0.1, 0.15) is 17.4 Å². The van der Waals surface area contributed by atoms with Crippen molar-refractivity contribution in [1.29, 1.82) is 0 Å². The molecule has 36 heavy (non-hydrogen) atoms. The maximum Gasteiger partial charge on any atom is 0.399 e. The van der Waals surface area contributed by atoms with Crippen molar-refractivity contribution in [1.82, 2.24) is 19.9 Å². The predicted octanol–water partition coefficient (Wildman–Crippen LogP) is 5.45. The van der Waals surface area contributed by atoms with E-state index in [0.717, 1.165) is 30.3 Å². The van der Waals surface area contributed by atoms with Gasteiger partial charge in [-0.3, -0.25) is 4.68 Å². The maximum absolute atomic E-state index is 14.5. The highest BCUT2D eigenvalue weighted by Crippen LogP contribution is 2.34. The molecule has 0 radical (unpaired) electrons. The molecule has 3 heterocycles. The summed E-state index contributed by atoms with van der Waals surface area (Å²) < 4.78 is 47.9. The van der Waals surface area contributed by atoms with Gasteiger partial charge in [-0.15, -0.1) is 0 Å². The lowest BCUT2D eigenvalue weighted by Crippen LogP contribution is -2.02. The summed E-state index contributed by atoms with van der Waals surface area (Å²) in [6, 6.07) is 4.76. The number of aryl methyl sites for hydroxylation is 2. The minimum absolute atomic E-state index is 0.0993. The van der Waals surface area contributed by atoms with E-state index in [0.29, 0.717) is 27.9 Å². The number of nitrogens with zero attached hydrogens (tertiary/aromatic N) is 5. The van der Waals surface area contributed by atoms with Gasteiger partial charge in [-0.2, -0.15) is 9.49 Å². The van der Waals surface area contributed by atoms with Crippen LogP contribution < -0.4 is 0 Å². The maximum atomic E-state index is 14.5. The second kappa shape index (κ2) is 11.4.